The number of aliphatic hydroxyl groups excluding tert-OH is 1. The summed E-state index contributed by atoms with van der Waals surface area (Å²) in [5.41, 5.74) is 5.08. The first-order valence-electron chi connectivity index (χ1n) is 5.95. The Morgan fingerprint density at radius 1 is 1.55 bits per heavy atom. The van der Waals surface area contributed by atoms with Crippen molar-refractivity contribution in [2.75, 3.05) is 6.61 Å². The zero-order valence-corrected chi connectivity index (χ0v) is 10.5. The molecule has 2 heterocycles. The highest BCUT2D eigenvalue weighted by molar-refractivity contribution is 6.44. The van der Waals surface area contributed by atoms with Gasteiger partial charge in [-0.25, -0.2) is 10.9 Å². The average molecular weight is 275 g/mol. The van der Waals surface area contributed by atoms with Crippen LogP contribution in [0.15, 0.2) is 34.6 Å². The molecule has 0 aromatic carbocycles. The van der Waals surface area contributed by atoms with E-state index >= 15 is 0 Å². The lowest BCUT2D eigenvalue weighted by Gasteiger charge is -2.06. The first kappa shape index (κ1) is 13.8. The monoisotopic (exact) mass is 275 g/mol. The van der Waals surface area contributed by atoms with E-state index in [1.165, 1.54) is 6.21 Å². The number of nitrogens with one attached hydrogen (secondary N) is 2. The minimum atomic E-state index is -0.745. The lowest BCUT2D eigenvalue weighted by molar-refractivity contribution is -0.123. The molecule has 1 aliphatic heterocycles. The third-order valence-corrected chi connectivity index (χ3v) is 2.63. The summed E-state index contributed by atoms with van der Waals surface area (Å²) < 4.78 is 0. The van der Waals surface area contributed by atoms with Crippen LogP contribution >= 0.6 is 0 Å². The Hall–Kier alpha value is -2.61. The van der Waals surface area contributed by atoms with Gasteiger partial charge in [0.25, 0.3) is 5.91 Å². The highest BCUT2D eigenvalue weighted by Crippen LogP contribution is 2.11. The van der Waals surface area contributed by atoms with Crippen LogP contribution in [0.2, 0.25) is 0 Å². The summed E-state index contributed by atoms with van der Waals surface area (Å²) in [5, 5.41) is 16.2. The molecule has 0 radical (unpaired) electrons. The molecule has 0 spiro atoms. The van der Waals surface area contributed by atoms with Gasteiger partial charge in [0.05, 0.1) is 17.8 Å². The molecule has 8 heteroatoms. The number of hydrogen-bond donors (Lipinski definition) is 3. The predicted molar refractivity (Wildman–Crippen MR) is 70.7 cm³/mol. The van der Waals surface area contributed by atoms with Gasteiger partial charge in [-0.3, -0.25) is 14.6 Å². The van der Waals surface area contributed by atoms with Crippen LogP contribution in [-0.4, -0.2) is 40.4 Å². The maximum Gasteiger partial charge on any atom is 0.288 e. The Morgan fingerprint density at radius 2 is 2.40 bits per heavy atom. The highest BCUT2D eigenvalue weighted by Gasteiger charge is 2.33. The third-order valence-electron chi connectivity index (χ3n) is 2.63. The molecular weight excluding hydrogens is 262 g/mol. The minimum Gasteiger partial charge on any atom is -0.396 e. The summed E-state index contributed by atoms with van der Waals surface area (Å²) in [6.45, 7) is -0.207. The molecular formula is C12H13N5O3. The van der Waals surface area contributed by atoms with Crippen molar-refractivity contribution < 1.29 is 14.7 Å². The predicted octanol–water partition coefficient (Wildman–Crippen LogP) is -0.984. The van der Waals surface area contributed by atoms with Gasteiger partial charge in [-0.05, 0) is 18.6 Å². The Kier molecular flexibility index (Phi) is 4.51. The van der Waals surface area contributed by atoms with Crippen LogP contribution in [0.5, 0.6) is 0 Å². The lowest BCUT2D eigenvalue weighted by Crippen LogP contribution is -2.34. The molecule has 0 fully saturated rings. The molecule has 0 saturated heterocycles. The van der Waals surface area contributed by atoms with Crippen molar-refractivity contribution in [3.05, 3.63) is 30.1 Å². The number of hydrazone groups is 2. The second kappa shape index (κ2) is 6.53. The van der Waals surface area contributed by atoms with Crippen molar-refractivity contribution in [1.82, 2.24) is 15.8 Å². The lowest BCUT2D eigenvalue weighted by atomic mass is 10.00. The summed E-state index contributed by atoms with van der Waals surface area (Å²) in [7, 11) is 0. The summed E-state index contributed by atoms with van der Waals surface area (Å²) in [6.07, 6.45) is 3.12. The molecule has 1 aliphatic rings. The second-order valence-electron chi connectivity index (χ2n) is 3.99. The molecule has 0 unspecified atom stereocenters. The Labute approximate surface area is 114 Å². The zero-order valence-electron chi connectivity index (χ0n) is 10.5. The van der Waals surface area contributed by atoms with Gasteiger partial charge in [-0.15, -0.1) is 0 Å². The number of amides is 2. The smallest absolute Gasteiger partial charge is 0.288 e. The van der Waals surface area contributed by atoms with Crippen molar-refractivity contribution in [2.45, 2.75) is 6.42 Å². The van der Waals surface area contributed by atoms with Crippen LogP contribution in [0.4, 0.5) is 0 Å². The fraction of sp³-hybridized carbons (Fsp3) is 0.250. The maximum atomic E-state index is 11.8. The van der Waals surface area contributed by atoms with E-state index in [0.717, 1.165) is 0 Å². The van der Waals surface area contributed by atoms with Crippen molar-refractivity contribution in [2.24, 2.45) is 16.1 Å². The van der Waals surface area contributed by atoms with Crippen molar-refractivity contribution in [3.63, 3.8) is 0 Å². The third kappa shape index (κ3) is 3.23. The van der Waals surface area contributed by atoms with E-state index in [-0.39, 0.29) is 18.7 Å². The Bertz CT molecular complexity index is 555. The van der Waals surface area contributed by atoms with Gasteiger partial charge in [0.1, 0.15) is 5.71 Å². The summed E-state index contributed by atoms with van der Waals surface area (Å²) >= 11 is 0. The molecule has 0 aliphatic carbocycles. The SMILES string of the molecule is O=C(N/N=C\c1ccccn1)C1=NNC(=O)[C@@H]1CCO. The van der Waals surface area contributed by atoms with Gasteiger partial charge < -0.3 is 5.11 Å². The Morgan fingerprint density at radius 3 is 3.10 bits per heavy atom. The van der Waals surface area contributed by atoms with Gasteiger partial charge in [-0.1, -0.05) is 6.07 Å². The average Bonchev–Trinajstić information content (AvgIpc) is 2.82. The van der Waals surface area contributed by atoms with E-state index in [9.17, 15) is 9.59 Å². The number of aromatic nitrogens is 1. The van der Waals surface area contributed by atoms with Gasteiger partial charge >= 0.3 is 0 Å². The van der Waals surface area contributed by atoms with Gasteiger partial charge in [-0.2, -0.15) is 10.2 Å². The van der Waals surface area contributed by atoms with Crippen molar-refractivity contribution in [1.29, 1.82) is 0 Å². The number of pyridine rings is 1. The van der Waals surface area contributed by atoms with Crippen LogP contribution in [0.3, 0.4) is 0 Å². The minimum absolute atomic E-state index is 0.0159. The largest absolute Gasteiger partial charge is 0.396 e. The van der Waals surface area contributed by atoms with Crippen LogP contribution in [0, 0.1) is 5.92 Å². The summed E-state index contributed by atoms with van der Waals surface area (Å²) in [4.78, 5) is 27.2. The fourth-order valence-corrected chi connectivity index (χ4v) is 1.67. The van der Waals surface area contributed by atoms with E-state index in [4.69, 9.17) is 5.11 Å². The molecule has 104 valence electrons. The Balaban J connectivity index is 1.95. The van der Waals surface area contributed by atoms with Crippen molar-refractivity contribution >= 4 is 23.7 Å². The molecule has 1 aromatic rings. The molecule has 8 nitrogen and oxygen atoms in total. The molecule has 0 saturated carbocycles. The van der Waals surface area contributed by atoms with Crippen LogP contribution < -0.4 is 10.9 Å². The molecule has 1 aromatic heterocycles. The number of nitrogens with zero attached hydrogens (tertiary/aromatic N) is 3. The summed E-state index contributed by atoms with van der Waals surface area (Å²) in [5.74, 6) is -1.74. The summed E-state index contributed by atoms with van der Waals surface area (Å²) in [6, 6.07) is 5.28. The molecule has 3 N–H and O–H groups in total. The van der Waals surface area contributed by atoms with E-state index in [1.54, 1.807) is 24.4 Å². The molecule has 1 atom stereocenters. The van der Waals surface area contributed by atoms with E-state index < -0.39 is 17.7 Å². The number of aliphatic hydroxyl groups is 1. The van der Waals surface area contributed by atoms with Crippen molar-refractivity contribution in [3.8, 4) is 0 Å². The van der Waals surface area contributed by atoms with Crippen LogP contribution in [0.25, 0.3) is 0 Å². The zero-order chi connectivity index (χ0) is 14.4. The quantitative estimate of drug-likeness (QED) is 0.473. The molecule has 0 bridgehead atoms. The van der Waals surface area contributed by atoms with Gasteiger partial charge in [0.2, 0.25) is 5.91 Å². The molecule has 20 heavy (non-hydrogen) atoms. The topological polar surface area (TPSA) is 116 Å². The maximum absolute atomic E-state index is 11.8. The first-order chi connectivity index (χ1) is 9.72. The number of rotatable bonds is 5. The van der Waals surface area contributed by atoms with E-state index in [0.29, 0.717) is 5.69 Å². The standard InChI is InChI=1S/C12H13N5O3/c18-6-4-9-10(15-17-11(9)19)12(20)16-14-7-8-3-1-2-5-13-8/h1-3,5,7,9,18H,4,6H2,(H,16,20)(H,17,19)/b14-7-/t9-/m1/s1. The van der Waals surface area contributed by atoms with Gasteiger partial charge in [0, 0.05) is 12.8 Å². The normalized spacial score (nSPS) is 17.9. The number of carbonyl (C=O) groups excluding carboxylic acids is 2. The van der Waals surface area contributed by atoms with Crippen LogP contribution in [-0.2, 0) is 9.59 Å². The number of hydrogen-bond acceptors (Lipinski definition) is 6. The van der Waals surface area contributed by atoms with Gasteiger partial charge in [0.15, 0.2) is 0 Å². The van der Waals surface area contributed by atoms with E-state index in [1.807, 2.05) is 0 Å². The van der Waals surface area contributed by atoms with E-state index in [2.05, 4.69) is 26.0 Å². The second-order valence-corrected chi connectivity index (χ2v) is 3.99. The first-order valence-corrected chi connectivity index (χ1v) is 5.95. The molecule has 2 rings (SSSR count). The van der Waals surface area contributed by atoms with Crippen LogP contribution in [0.1, 0.15) is 12.1 Å². The molecule has 2 amide bonds. The highest BCUT2D eigenvalue weighted by atomic mass is 16.3. The fourth-order valence-electron chi connectivity index (χ4n) is 1.67. The number of carbonyl (C=O) groups is 2.